The van der Waals surface area contributed by atoms with Crippen LogP contribution in [0.3, 0.4) is 0 Å². The zero-order chi connectivity index (χ0) is 15.9. The van der Waals surface area contributed by atoms with Crippen LogP contribution >= 0.6 is 0 Å². The molecule has 1 aliphatic rings. The lowest BCUT2D eigenvalue weighted by atomic mass is 9.86. The highest BCUT2D eigenvalue weighted by molar-refractivity contribution is 5.71. The van der Waals surface area contributed by atoms with E-state index in [4.69, 9.17) is 4.74 Å². The Bertz CT molecular complexity index is 481. The number of nitrogens with one attached hydrogen (secondary N) is 1. The van der Waals surface area contributed by atoms with Gasteiger partial charge in [0.15, 0.2) is 0 Å². The van der Waals surface area contributed by atoms with E-state index in [1.54, 1.807) is 0 Å². The van der Waals surface area contributed by atoms with Gasteiger partial charge < -0.3 is 15.2 Å². The van der Waals surface area contributed by atoms with Gasteiger partial charge in [-0.15, -0.1) is 0 Å². The van der Waals surface area contributed by atoms with Gasteiger partial charge in [-0.3, -0.25) is 4.79 Å². The molecule has 2 N–H and O–H groups in total. The highest BCUT2D eigenvalue weighted by Crippen LogP contribution is 2.25. The Kier molecular flexibility index (Phi) is 6.25. The normalized spacial score (nSPS) is 19.3. The maximum Gasteiger partial charge on any atom is 0.307 e. The Labute approximate surface area is 132 Å². The zero-order valence-electron chi connectivity index (χ0n) is 13.5. The van der Waals surface area contributed by atoms with Gasteiger partial charge in [0.05, 0.1) is 12.5 Å². The Morgan fingerprint density at radius 1 is 1.45 bits per heavy atom. The molecule has 4 heteroatoms. The molecule has 1 aliphatic heterocycles. The largest absolute Gasteiger partial charge is 0.494 e. The molecule has 0 unspecified atom stereocenters. The van der Waals surface area contributed by atoms with Crippen LogP contribution in [0, 0.1) is 17.8 Å². The molecule has 0 spiro atoms. The standard InChI is InChI=1S/C18H27NO3/c1-13(2)7-9-22-16-5-3-4-14(10-16)11-17(18(20)21)15-6-8-19-12-15/h3-5,10,13,15,17,19H,6-9,11-12H2,1-2H3,(H,20,21)/t15-,17+/m0/s1. The van der Waals surface area contributed by atoms with E-state index in [0.29, 0.717) is 18.9 Å². The van der Waals surface area contributed by atoms with Crippen molar-refractivity contribution in [2.75, 3.05) is 19.7 Å². The van der Waals surface area contributed by atoms with E-state index in [0.717, 1.165) is 37.2 Å². The van der Waals surface area contributed by atoms with E-state index in [9.17, 15) is 9.90 Å². The molecule has 0 bridgehead atoms. The lowest BCUT2D eigenvalue weighted by molar-refractivity contribution is -0.143. The second-order valence-corrected chi connectivity index (χ2v) is 6.58. The minimum atomic E-state index is -0.695. The first-order chi connectivity index (χ1) is 10.6. The second kappa shape index (κ2) is 8.18. The van der Waals surface area contributed by atoms with Gasteiger partial charge in [0.25, 0.3) is 0 Å². The van der Waals surface area contributed by atoms with Crippen molar-refractivity contribution in [2.24, 2.45) is 17.8 Å². The van der Waals surface area contributed by atoms with E-state index >= 15 is 0 Å². The second-order valence-electron chi connectivity index (χ2n) is 6.58. The van der Waals surface area contributed by atoms with Crippen molar-refractivity contribution in [3.05, 3.63) is 29.8 Å². The molecule has 0 radical (unpaired) electrons. The first-order valence-electron chi connectivity index (χ1n) is 8.21. The fourth-order valence-corrected chi connectivity index (χ4v) is 2.90. The smallest absolute Gasteiger partial charge is 0.307 e. The summed E-state index contributed by atoms with van der Waals surface area (Å²) in [5, 5.41) is 12.8. The van der Waals surface area contributed by atoms with Crippen LogP contribution in [-0.2, 0) is 11.2 Å². The summed E-state index contributed by atoms with van der Waals surface area (Å²) in [6.45, 7) is 6.78. The van der Waals surface area contributed by atoms with Crippen LogP contribution in [0.1, 0.15) is 32.3 Å². The number of benzene rings is 1. The van der Waals surface area contributed by atoms with Crippen molar-refractivity contribution in [1.29, 1.82) is 0 Å². The number of rotatable bonds is 8. The zero-order valence-corrected chi connectivity index (χ0v) is 13.5. The topological polar surface area (TPSA) is 58.6 Å². The monoisotopic (exact) mass is 305 g/mol. The molecular formula is C18H27NO3. The molecule has 1 aromatic rings. The molecule has 1 aromatic carbocycles. The minimum Gasteiger partial charge on any atom is -0.494 e. The molecule has 0 aromatic heterocycles. The van der Waals surface area contributed by atoms with Crippen molar-refractivity contribution < 1.29 is 14.6 Å². The third-order valence-electron chi connectivity index (χ3n) is 4.30. The molecular weight excluding hydrogens is 278 g/mol. The van der Waals surface area contributed by atoms with Crippen LogP contribution in [-0.4, -0.2) is 30.8 Å². The van der Waals surface area contributed by atoms with E-state index in [1.165, 1.54) is 0 Å². The molecule has 1 saturated heterocycles. The Hall–Kier alpha value is -1.55. The highest BCUT2D eigenvalue weighted by atomic mass is 16.5. The number of ether oxygens (including phenoxy) is 1. The van der Waals surface area contributed by atoms with Crippen molar-refractivity contribution in [3.8, 4) is 5.75 Å². The van der Waals surface area contributed by atoms with Crippen LogP contribution in [0.4, 0.5) is 0 Å². The van der Waals surface area contributed by atoms with Gasteiger partial charge in [-0.25, -0.2) is 0 Å². The molecule has 0 amide bonds. The van der Waals surface area contributed by atoms with Crippen LogP contribution < -0.4 is 10.1 Å². The summed E-state index contributed by atoms with van der Waals surface area (Å²) in [5.41, 5.74) is 1.04. The van der Waals surface area contributed by atoms with Gasteiger partial charge in [0, 0.05) is 0 Å². The average molecular weight is 305 g/mol. The Balaban J connectivity index is 1.97. The van der Waals surface area contributed by atoms with Gasteiger partial charge in [-0.1, -0.05) is 26.0 Å². The number of aliphatic carboxylic acids is 1. The lowest BCUT2D eigenvalue weighted by Gasteiger charge is -2.19. The number of carboxylic acids is 1. The minimum absolute atomic E-state index is 0.225. The van der Waals surface area contributed by atoms with Gasteiger partial charge in [0.2, 0.25) is 0 Å². The van der Waals surface area contributed by atoms with Gasteiger partial charge in [0.1, 0.15) is 5.75 Å². The molecule has 0 saturated carbocycles. The van der Waals surface area contributed by atoms with E-state index in [1.807, 2.05) is 24.3 Å². The highest BCUT2D eigenvalue weighted by Gasteiger charge is 2.30. The Morgan fingerprint density at radius 2 is 2.27 bits per heavy atom. The number of carboxylic acid groups (broad SMARTS) is 1. The predicted octanol–water partition coefficient (Wildman–Crippen LogP) is 2.96. The van der Waals surface area contributed by atoms with Gasteiger partial charge in [-0.2, -0.15) is 0 Å². The molecule has 22 heavy (non-hydrogen) atoms. The van der Waals surface area contributed by atoms with Crippen molar-refractivity contribution >= 4 is 5.97 Å². The van der Waals surface area contributed by atoms with Crippen LogP contribution in [0.5, 0.6) is 5.75 Å². The predicted molar refractivity (Wildman–Crippen MR) is 87.2 cm³/mol. The molecule has 4 nitrogen and oxygen atoms in total. The fraction of sp³-hybridized carbons (Fsp3) is 0.611. The van der Waals surface area contributed by atoms with Gasteiger partial charge in [-0.05, 0) is 61.9 Å². The lowest BCUT2D eigenvalue weighted by Crippen LogP contribution is -2.27. The molecule has 2 atom stereocenters. The van der Waals surface area contributed by atoms with Crippen LogP contribution in [0.15, 0.2) is 24.3 Å². The maximum atomic E-state index is 11.6. The Morgan fingerprint density at radius 3 is 2.91 bits per heavy atom. The van der Waals surface area contributed by atoms with Crippen molar-refractivity contribution in [2.45, 2.75) is 33.1 Å². The molecule has 1 heterocycles. The third kappa shape index (κ3) is 5.02. The molecule has 0 aliphatic carbocycles. The van der Waals surface area contributed by atoms with E-state index in [2.05, 4.69) is 19.2 Å². The number of hydrogen-bond donors (Lipinski definition) is 2. The van der Waals surface area contributed by atoms with Crippen LogP contribution in [0.25, 0.3) is 0 Å². The van der Waals surface area contributed by atoms with Crippen molar-refractivity contribution in [1.82, 2.24) is 5.32 Å². The van der Waals surface area contributed by atoms with E-state index in [-0.39, 0.29) is 11.8 Å². The van der Waals surface area contributed by atoms with Gasteiger partial charge >= 0.3 is 5.97 Å². The third-order valence-corrected chi connectivity index (χ3v) is 4.30. The molecule has 2 rings (SSSR count). The quantitative estimate of drug-likeness (QED) is 0.775. The number of carbonyl (C=O) groups is 1. The SMILES string of the molecule is CC(C)CCOc1cccc(C[C@@H](C(=O)O)[C@H]2CCNC2)c1. The van der Waals surface area contributed by atoms with Crippen LogP contribution in [0.2, 0.25) is 0 Å². The maximum absolute atomic E-state index is 11.6. The molecule has 122 valence electrons. The summed E-state index contributed by atoms with van der Waals surface area (Å²) in [4.78, 5) is 11.6. The van der Waals surface area contributed by atoms with Crippen molar-refractivity contribution in [3.63, 3.8) is 0 Å². The summed E-state index contributed by atoms with van der Waals surface area (Å²) >= 11 is 0. The molecule has 1 fully saturated rings. The summed E-state index contributed by atoms with van der Waals surface area (Å²) in [5.74, 6) is 0.671. The first kappa shape index (κ1) is 16.8. The summed E-state index contributed by atoms with van der Waals surface area (Å²) in [7, 11) is 0. The number of hydrogen-bond acceptors (Lipinski definition) is 3. The summed E-state index contributed by atoms with van der Waals surface area (Å²) < 4.78 is 5.77. The summed E-state index contributed by atoms with van der Waals surface area (Å²) in [6, 6.07) is 7.87. The fourth-order valence-electron chi connectivity index (χ4n) is 2.90. The first-order valence-corrected chi connectivity index (χ1v) is 8.21. The average Bonchev–Trinajstić information content (AvgIpc) is 2.98. The summed E-state index contributed by atoms with van der Waals surface area (Å²) in [6.07, 6.45) is 2.54. The van der Waals surface area contributed by atoms with E-state index < -0.39 is 5.97 Å².